The van der Waals surface area contributed by atoms with Crippen LogP contribution in [0, 0.1) is 5.92 Å². The van der Waals surface area contributed by atoms with Gasteiger partial charge in [-0.25, -0.2) is 9.48 Å². The molecule has 0 unspecified atom stereocenters. The van der Waals surface area contributed by atoms with Crippen molar-refractivity contribution in [2.45, 2.75) is 32.3 Å². The number of aromatic nitrogens is 4. The summed E-state index contributed by atoms with van der Waals surface area (Å²) in [6.45, 7) is 6.21. The average Bonchev–Trinajstić information content (AvgIpc) is 3.11. The number of nitrogens with zero attached hydrogens (tertiary/aromatic N) is 4. The lowest BCUT2D eigenvalue weighted by Crippen LogP contribution is -2.17. The van der Waals surface area contributed by atoms with Gasteiger partial charge in [0.25, 0.3) is 0 Å². The molecule has 0 fully saturated rings. The first-order valence-corrected chi connectivity index (χ1v) is 9.71. The number of aryl methyl sites for hydroxylation is 1. The number of carbonyl (C=O) groups is 2. The van der Waals surface area contributed by atoms with Gasteiger partial charge in [0, 0.05) is 7.05 Å². The SMILES string of the molecule is CCOC(=O)c1c(CC(C)C)csc1NC(=O)CSc1nnnn1C. The van der Waals surface area contributed by atoms with Crippen molar-refractivity contribution in [1.29, 1.82) is 0 Å². The molecule has 2 aromatic heterocycles. The van der Waals surface area contributed by atoms with E-state index < -0.39 is 5.97 Å². The fourth-order valence-electron chi connectivity index (χ4n) is 2.14. The number of nitrogens with one attached hydrogen (secondary N) is 1. The third-order valence-corrected chi connectivity index (χ3v) is 5.10. The van der Waals surface area contributed by atoms with Crippen molar-refractivity contribution in [2.75, 3.05) is 17.7 Å². The van der Waals surface area contributed by atoms with E-state index in [9.17, 15) is 9.59 Å². The molecule has 25 heavy (non-hydrogen) atoms. The maximum Gasteiger partial charge on any atom is 0.341 e. The summed E-state index contributed by atoms with van der Waals surface area (Å²) in [6.07, 6.45) is 0.750. The van der Waals surface area contributed by atoms with Gasteiger partial charge in [-0.3, -0.25) is 4.79 Å². The smallest absolute Gasteiger partial charge is 0.341 e. The van der Waals surface area contributed by atoms with Crippen molar-refractivity contribution in [3.63, 3.8) is 0 Å². The van der Waals surface area contributed by atoms with Crippen molar-refractivity contribution in [3.8, 4) is 0 Å². The predicted molar refractivity (Wildman–Crippen MR) is 97.0 cm³/mol. The Morgan fingerprint density at radius 3 is 2.80 bits per heavy atom. The molecule has 2 rings (SSSR count). The van der Waals surface area contributed by atoms with Gasteiger partial charge in [-0.1, -0.05) is 25.6 Å². The second-order valence-corrected chi connectivity index (χ2v) is 7.53. The molecule has 0 saturated heterocycles. The summed E-state index contributed by atoms with van der Waals surface area (Å²) in [4.78, 5) is 24.5. The van der Waals surface area contributed by atoms with Gasteiger partial charge in [0.2, 0.25) is 11.1 Å². The highest BCUT2D eigenvalue weighted by atomic mass is 32.2. The Bertz CT molecular complexity index is 741. The molecule has 0 atom stereocenters. The molecule has 1 N–H and O–H groups in total. The monoisotopic (exact) mass is 383 g/mol. The molecule has 8 nitrogen and oxygen atoms in total. The van der Waals surface area contributed by atoms with Crippen molar-refractivity contribution in [1.82, 2.24) is 20.2 Å². The predicted octanol–water partition coefficient (Wildman–Crippen LogP) is 2.38. The van der Waals surface area contributed by atoms with E-state index in [0.717, 1.165) is 12.0 Å². The molecule has 0 aromatic carbocycles. The Kier molecular flexibility index (Phi) is 6.94. The van der Waals surface area contributed by atoms with Gasteiger partial charge in [-0.15, -0.1) is 16.4 Å². The third kappa shape index (κ3) is 5.27. The average molecular weight is 383 g/mol. The number of anilines is 1. The molecule has 0 aliphatic heterocycles. The Hall–Kier alpha value is -1.94. The van der Waals surface area contributed by atoms with Gasteiger partial charge in [0.15, 0.2) is 0 Å². The maximum absolute atomic E-state index is 12.3. The fourth-order valence-corrected chi connectivity index (χ4v) is 3.77. The van der Waals surface area contributed by atoms with E-state index in [1.165, 1.54) is 27.8 Å². The lowest BCUT2D eigenvalue weighted by molar-refractivity contribution is -0.113. The van der Waals surface area contributed by atoms with Gasteiger partial charge in [0.05, 0.1) is 17.9 Å². The van der Waals surface area contributed by atoms with Crippen molar-refractivity contribution in [2.24, 2.45) is 13.0 Å². The summed E-state index contributed by atoms with van der Waals surface area (Å²) in [5.74, 6) is -0.0879. The first-order chi connectivity index (χ1) is 11.9. The van der Waals surface area contributed by atoms with Crippen LogP contribution in [0.4, 0.5) is 5.00 Å². The number of rotatable bonds is 8. The van der Waals surface area contributed by atoms with Crippen LogP contribution in [0.25, 0.3) is 0 Å². The normalized spacial score (nSPS) is 10.9. The van der Waals surface area contributed by atoms with Gasteiger partial charge in [0.1, 0.15) is 5.00 Å². The van der Waals surface area contributed by atoms with Crippen LogP contribution in [-0.2, 0) is 23.0 Å². The van der Waals surface area contributed by atoms with E-state index in [1.807, 2.05) is 5.38 Å². The molecule has 10 heteroatoms. The number of thiophene rings is 1. The van der Waals surface area contributed by atoms with Crippen LogP contribution >= 0.6 is 23.1 Å². The second-order valence-electron chi connectivity index (χ2n) is 5.71. The maximum atomic E-state index is 12.3. The highest BCUT2D eigenvalue weighted by molar-refractivity contribution is 7.99. The summed E-state index contributed by atoms with van der Waals surface area (Å²) in [5, 5.41) is 16.8. The van der Waals surface area contributed by atoms with Gasteiger partial charge in [-0.2, -0.15) is 0 Å². The lowest BCUT2D eigenvalue weighted by atomic mass is 10.0. The summed E-state index contributed by atoms with van der Waals surface area (Å²) >= 11 is 2.57. The molecule has 0 spiro atoms. The number of tetrazole rings is 1. The molecule has 0 bridgehead atoms. The standard InChI is InChI=1S/C15H21N5O3S2/c1-5-23-14(22)12-10(6-9(2)3)7-24-13(12)16-11(21)8-25-15-17-18-19-20(15)4/h7,9H,5-6,8H2,1-4H3,(H,16,21). The van der Waals surface area contributed by atoms with E-state index in [4.69, 9.17) is 4.74 Å². The zero-order valence-electron chi connectivity index (χ0n) is 14.6. The number of hydrogen-bond acceptors (Lipinski definition) is 8. The number of esters is 1. The lowest BCUT2D eigenvalue weighted by Gasteiger charge is -2.09. The first kappa shape index (κ1) is 19.4. The van der Waals surface area contributed by atoms with Crippen molar-refractivity contribution in [3.05, 3.63) is 16.5 Å². The Morgan fingerprint density at radius 1 is 1.44 bits per heavy atom. The first-order valence-electron chi connectivity index (χ1n) is 7.84. The summed E-state index contributed by atoms with van der Waals surface area (Å²) in [5.41, 5.74) is 1.36. The van der Waals surface area contributed by atoms with Crippen LogP contribution < -0.4 is 5.32 Å². The summed E-state index contributed by atoms with van der Waals surface area (Å²) < 4.78 is 6.64. The van der Waals surface area contributed by atoms with Crippen LogP contribution in [0.5, 0.6) is 0 Å². The molecular formula is C15H21N5O3S2. The van der Waals surface area contributed by atoms with Crippen LogP contribution in [0.3, 0.4) is 0 Å². The molecule has 2 aromatic rings. The molecular weight excluding hydrogens is 362 g/mol. The van der Waals surface area contributed by atoms with Gasteiger partial charge >= 0.3 is 5.97 Å². The highest BCUT2D eigenvalue weighted by Gasteiger charge is 2.22. The largest absolute Gasteiger partial charge is 0.462 e. The number of hydrogen-bond donors (Lipinski definition) is 1. The molecule has 0 aliphatic rings. The van der Waals surface area contributed by atoms with Gasteiger partial charge < -0.3 is 10.1 Å². The molecule has 136 valence electrons. The number of ether oxygens (including phenoxy) is 1. The summed E-state index contributed by atoms with van der Waals surface area (Å²) in [7, 11) is 1.70. The van der Waals surface area contributed by atoms with Crippen LogP contribution in [0.1, 0.15) is 36.7 Å². The van der Waals surface area contributed by atoms with E-state index >= 15 is 0 Å². The van der Waals surface area contributed by atoms with Crippen molar-refractivity contribution >= 4 is 40.0 Å². The molecule has 2 heterocycles. The minimum absolute atomic E-state index is 0.147. The zero-order chi connectivity index (χ0) is 18.4. The highest BCUT2D eigenvalue weighted by Crippen LogP contribution is 2.31. The van der Waals surface area contributed by atoms with E-state index in [1.54, 1.807) is 14.0 Å². The van der Waals surface area contributed by atoms with Crippen LogP contribution in [0.15, 0.2) is 10.5 Å². The number of amides is 1. The molecule has 0 radical (unpaired) electrons. The van der Waals surface area contributed by atoms with E-state index in [2.05, 4.69) is 34.7 Å². The van der Waals surface area contributed by atoms with Gasteiger partial charge in [-0.05, 0) is 40.6 Å². The quantitative estimate of drug-likeness (QED) is 0.552. The minimum atomic E-state index is -0.403. The topological polar surface area (TPSA) is 99.0 Å². The molecule has 0 saturated carbocycles. The molecule has 1 amide bonds. The van der Waals surface area contributed by atoms with E-state index in [-0.39, 0.29) is 18.3 Å². The van der Waals surface area contributed by atoms with E-state index in [0.29, 0.717) is 21.6 Å². The Morgan fingerprint density at radius 2 is 2.20 bits per heavy atom. The Balaban J connectivity index is 2.09. The van der Waals surface area contributed by atoms with Crippen LogP contribution in [-0.4, -0.2) is 44.4 Å². The fraction of sp³-hybridized carbons (Fsp3) is 0.533. The third-order valence-electron chi connectivity index (χ3n) is 3.14. The Labute approximate surface area is 154 Å². The minimum Gasteiger partial charge on any atom is -0.462 e. The van der Waals surface area contributed by atoms with Crippen molar-refractivity contribution < 1.29 is 14.3 Å². The number of thioether (sulfide) groups is 1. The van der Waals surface area contributed by atoms with Crippen LogP contribution in [0.2, 0.25) is 0 Å². The second kappa shape index (κ2) is 8.95. The summed E-state index contributed by atoms with van der Waals surface area (Å²) in [6, 6.07) is 0. The molecule has 0 aliphatic carbocycles. The zero-order valence-corrected chi connectivity index (χ0v) is 16.2. The number of carbonyl (C=O) groups excluding carboxylic acids is 2.